The van der Waals surface area contributed by atoms with Crippen LogP contribution in [0.15, 0.2) is 127 Å². The van der Waals surface area contributed by atoms with Crippen LogP contribution in [0, 0.1) is 13.8 Å². The Kier molecular flexibility index (Phi) is 5.43. The fourth-order valence-electron chi connectivity index (χ4n) is 7.50. The summed E-state index contributed by atoms with van der Waals surface area (Å²) in [5.41, 5.74) is 11.9. The summed E-state index contributed by atoms with van der Waals surface area (Å²) in [4.78, 5) is 0. The maximum atomic E-state index is 14.8. The molecule has 0 N–H and O–H groups in total. The predicted molar refractivity (Wildman–Crippen MR) is 168 cm³/mol. The first-order valence-corrected chi connectivity index (χ1v) is 14.5. The fraction of sp³-hybridized carbons (Fsp3) is 0.100. The summed E-state index contributed by atoms with van der Waals surface area (Å²) < 4.78 is 44.4. The Morgan fingerprint density at radius 1 is 0.442 bits per heavy atom. The van der Waals surface area contributed by atoms with Gasteiger partial charge in [0, 0.05) is 0 Å². The van der Waals surface area contributed by atoms with E-state index in [9.17, 15) is 13.2 Å². The van der Waals surface area contributed by atoms with Gasteiger partial charge in [-0.2, -0.15) is 13.2 Å². The highest BCUT2D eigenvalue weighted by atomic mass is 19.4. The molecule has 0 amide bonds. The highest BCUT2D eigenvalue weighted by Gasteiger charge is 2.52. The van der Waals surface area contributed by atoms with E-state index >= 15 is 0 Å². The van der Waals surface area contributed by atoms with Crippen molar-refractivity contribution in [2.45, 2.75) is 25.4 Å². The first-order chi connectivity index (χ1) is 20.8. The number of fused-ring (bicyclic) bond motifs is 10. The number of benzene rings is 6. The molecule has 0 fully saturated rings. The highest BCUT2D eigenvalue weighted by Crippen LogP contribution is 2.64. The van der Waals surface area contributed by atoms with Gasteiger partial charge in [0.15, 0.2) is 0 Å². The zero-order valence-corrected chi connectivity index (χ0v) is 23.8. The Morgan fingerprint density at radius 2 is 0.930 bits per heavy atom. The van der Waals surface area contributed by atoms with Crippen LogP contribution in [-0.2, 0) is 11.6 Å². The lowest BCUT2D eigenvalue weighted by molar-refractivity contribution is -0.137. The Balaban J connectivity index is 1.45. The third-order valence-electron chi connectivity index (χ3n) is 9.47. The molecule has 0 atom stereocenters. The van der Waals surface area contributed by atoms with Gasteiger partial charge in [-0.1, -0.05) is 121 Å². The molecule has 3 heteroatoms. The van der Waals surface area contributed by atoms with Gasteiger partial charge in [0.05, 0.1) is 11.0 Å². The average molecular weight is 565 g/mol. The van der Waals surface area contributed by atoms with Crippen LogP contribution in [0.25, 0.3) is 44.5 Å². The lowest BCUT2D eigenvalue weighted by Gasteiger charge is -2.32. The third kappa shape index (κ3) is 3.51. The van der Waals surface area contributed by atoms with Gasteiger partial charge in [-0.25, -0.2) is 0 Å². The van der Waals surface area contributed by atoms with E-state index in [2.05, 4.69) is 72.8 Å². The normalized spacial score (nSPS) is 13.9. The molecule has 6 aromatic carbocycles. The van der Waals surface area contributed by atoms with E-state index in [0.29, 0.717) is 11.1 Å². The minimum absolute atomic E-state index is 0.196. The number of aryl methyl sites for hydroxylation is 2. The number of hydrogen-bond acceptors (Lipinski definition) is 0. The Bertz CT molecular complexity index is 2030. The van der Waals surface area contributed by atoms with Gasteiger partial charge in [0.2, 0.25) is 0 Å². The van der Waals surface area contributed by atoms with Crippen LogP contribution >= 0.6 is 0 Å². The predicted octanol–water partition coefficient (Wildman–Crippen LogP) is 11.0. The summed E-state index contributed by atoms with van der Waals surface area (Å²) >= 11 is 0. The first-order valence-electron chi connectivity index (χ1n) is 14.5. The molecule has 1 spiro atoms. The molecule has 2 aliphatic rings. The van der Waals surface area contributed by atoms with E-state index in [1.54, 1.807) is 12.1 Å². The largest absolute Gasteiger partial charge is 0.417 e. The lowest BCUT2D eigenvalue weighted by atomic mass is 9.68. The summed E-state index contributed by atoms with van der Waals surface area (Å²) in [6.07, 6.45) is -4.52. The summed E-state index contributed by atoms with van der Waals surface area (Å²) in [6, 6.07) is 41.8. The van der Waals surface area contributed by atoms with Crippen molar-refractivity contribution >= 4 is 0 Å². The van der Waals surface area contributed by atoms with Crippen molar-refractivity contribution in [3.8, 4) is 44.5 Å². The molecule has 0 aromatic heterocycles. The Labute approximate surface area is 249 Å². The van der Waals surface area contributed by atoms with Crippen molar-refractivity contribution in [3.05, 3.63) is 166 Å². The van der Waals surface area contributed by atoms with E-state index in [-0.39, 0.29) is 5.56 Å². The van der Waals surface area contributed by atoms with Gasteiger partial charge in [0.1, 0.15) is 0 Å². The van der Waals surface area contributed by atoms with Gasteiger partial charge in [-0.3, -0.25) is 0 Å². The standard InChI is InChI=1S/C40H27F3/c1-24-18-19-26(22-25(24)2)28-21-20-27(23-37(28)40(41,42)43)29-13-9-14-33-32-12-5-8-17-36(32)39(38(29)33)34-15-6-3-10-30(34)31-11-4-7-16-35(31)39/h3-23H,1-2H3. The van der Waals surface area contributed by atoms with Crippen molar-refractivity contribution in [1.82, 2.24) is 0 Å². The molecule has 8 rings (SSSR count). The third-order valence-corrected chi connectivity index (χ3v) is 9.47. The second-order valence-electron chi connectivity index (χ2n) is 11.7. The number of hydrogen-bond donors (Lipinski definition) is 0. The Morgan fingerprint density at radius 3 is 1.51 bits per heavy atom. The monoisotopic (exact) mass is 564 g/mol. The topological polar surface area (TPSA) is 0 Å². The minimum atomic E-state index is -4.52. The summed E-state index contributed by atoms with van der Waals surface area (Å²) in [5.74, 6) is 0. The maximum Gasteiger partial charge on any atom is 0.417 e. The summed E-state index contributed by atoms with van der Waals surface area (Å²) in [5, 5.41) is 0. The second kappa shape index (κ2) is 9.05. The SMILES string of the molecule is Cc1ccc(-c2ccc(-c3cccc4c3C3(c5ccccc5-c5ccccc53)c3ccccc3-4)cc2C(F)(F)F)cc1C. The molecule has 2 aliphatic carbocycles. The van der Waals surface area contributed by atoms with Crippen LogP contribution in [0.4, 0.5) is 13.2 Å². The van der Waals surface area contributed by atoms with E-state index in [4.69, 9.17) is 0 Å². The van der Waals surface area contributed by atoms with Crippen molar-refractivity contribution in [2.24, 2.45) is 0 Å². The van der Waals surface area contributed by atoms with Gasteiger partial charge in [0.25, 0.3) is 0 Å². The molecule has 43 heavy (non-hydrogen) atoms. The molecule has 0 radical (unpaired) electrons. The zero-order chi connectivity index (χ0) is 29.5. The molecule has 0 aliphatic heterocycles. The van der Waals surface area contributed by atoms with Crippen LogP contribution in [0.3, 0.4) is 0 Å². The number of rotatable bonds is 2. The van der Waals surface area contributed by atoms with Gasteiger partial charge in [-0.15, -0.1) is 0 Å². The minimum Gasteiger partial charge on any atom is -0.166 e. The lowest BCUT2D eigenvalue weighted by Crippen LogP contribution is -2.26. The molecule has 0 unspecified atom stereocenters. The number of halogens is 3. The maximum absolute atomic E-state index is 14.8. The molecule has 6 aromatic rings. The molecular weight excluding hydrogens is 537 g/mol. The highest BCUT2D eigenvalue weighted by molar-refractivity contribution is 5.98. The van der Waals surface area contributed by atoms with E-state index in [1.165, 1.54) is 6.07 Å². The molecule has 0 bridgehead atoms. The first kappa shape index (κ1) is 25.8. The zero-order valence-electron chi connectivity index (χ0n) is 23.8. The molecule has 0 saturated carbocycles. The van der Waals surface area contributed by atoms with E-state index < -0.39 is 17.2 Å². The number of alkyl halides is 3. The van der Waals surface area contributed by atoms with E-state index in [1.807, 2.05) is 50.2 Å². The van der Waals surface area contributed by atoms with Gasteiger partial charge in [-0.05, 0) is 97.8 Å². The van der Waals surface area contributed by atoms with Crippen LogP contribution in [-0.4, -0.2) is 0 Å². The van der Waals surface area contributed by atoms with Crippen molar-refractivity contribution in [1.29, 1.82) is 0 Å². The van der Waals surface area contributed by atoms with Crippen molar-refractivity contribution < 1.29 is 13.2 Å². The van der Waals surface area contributed by atoms with Crippen LogP contribution in [0.2, 0.25) is 0 Å². The van der Waals surface area contributed by atoms with Crippen LogP contribution in [0.1, 0.15) is 38.9 Å². The Hall–Kier alpha value is -4.89. The molecule has 0 nitrogen and oxygen atoms in total. The smallest absolute Gasteiger partial charge is 0.166 e. The molecular formula is C40H27F3. The molecule has 208 valence electrons. The van der Waals surface area contributed by atoms with Crippen molar-refractivity contribution in [2.75, 3.05) is 0 Å². The van der Waals surface area contributed by atoms with Crippen LogP contribution < -0.4 is 0 Å². The average Bonchev–Trinajstić information content (AvgIpc) is 3.49. The quantitative estimate of drug-likeness (QED) is 0.196. The summed E-state index contributed by atoms with van der Waals surface area (Å²) in [6.45, 7) is 3.90. The van der Waals surface area contributed by atoms with Crippen LogP contribution in [0.5, 0.6) is 0 Å². The van der Waals surface area contributed by atoms with E-state index in [0.717, 1.165) is 61.2 Å². The van der Waals surface area contributed by atoms with Gasteiger partial charge < -0.3 is 0 Å². The summed E-state index contributed by atoms with van der Waals surface area (Å²) in [7, 11) is 0. The molecule has 0 heterocycles. The van der Waals surface area contributed by atoms with Crippen molar-refractivity contribution in [3.63, 3.8) is 0 Å². The fourth-order valence-corrected chi connectivity index (χ4v) is 7.50. The molecule has 0 saturated heterocycles. The second-order valence-corrected chi connectivity index (χ2v) is 11.7. The van der Waals surface area contributed by atoms with Gasteiger partial charge >= 0.3 is 6.18 Å².